The predicted octanol–water partition coefficient (Wildman–Crippen LogP) is 2.65. The molecule has 3 atom stereocenters. The monoisotopic (exact) mass is 299 g/mol. The largest absolute Gasteiger partial charge is 0.375 e. The van der Waals surface area contributed by atoms with E-state index in [-0.39, 0.29) is 0 Å². The summed E-state index contributed by atoms with van der Waals surface area (Å²) < 4.78 is 0. The number of anilines is 1. The van der Waals surface area contributed by atoms with Crippen LogP contribution in [0.4, 0.5) is 5.69 Å². The van der Waals surface area contributed by atoms with Crippen LogP contribution in [0.25, 0.3) is 10.9 Å². The molecule has 1 aromatic carbocycles. The van der Waals surface area contributed by atoms with Crippen molar-refractivity contribution < 1.29 is 0 Å². The first-order valence-corrected chi connectivity index (χ1v) is 8.28. The number of pyridine rings is 1. The maximum absolute atomic E-state index is 4.95. The quantitative estimate of drug-likeness (QED) is 0.536. The molecule has 0 fully saturated rings. The summed E-state index contributed by atoms with van der Waals surface area (Å²) in [5.41, 5.74) is 6.03. The first-order chi connectivity index (χ1) is 11.3. The normalized spacial score (nSPS) is 25.1. The predicted molar refractivity (Wildman–Crippen MR) is 97.1 cm³/mol. The van der Waals surface area contributed by atoms with Crippen LogP contribution in [0.3, 0.4) is 0 Å². The van der Waals surface area contributed by atoms with Crippen molar-refractivity contribution in [1.82, 2.24) is 9.97 Å². The van der Waals surface area contributed by atoms with Gasteiger partial charge in [-0.3, -0.25) is 4.98 Å². The molecule has 3 aromatic rings. The summed E-state index contributed by atoms with van der Waals surface area (Å²) in [6, 6.07) is 13.2. The van der Waals surface area contributed by atoms with E-state index >= 15 is 0 Å². The molecule has 3 heterocycles. The summed E-state index contributed by atoms with van der Waals surface area (Å²) in [7, 11) is 2.10. The Balaban J connectivity index is 1.73. The lowest BCUT2D eigenvalue weighted by molar-refractivity contribution is 0.420. The van der Waals surface area contributed by atoms with Crippen LogP contribution in [-0.2, 0) is 0 Å². The number of benzene rings is 1. The number of aromatic nitrogens is 2. The average Bonchev–Trinajstić information content (AvgIpc) is 3.25. The van der Waals surface area contributed by atoms with E-state index in [0.29, 0.717) is 17.9 Å². The van der Waals surface area contributed by atoms with Gasteiger partial charge in [0.05, 0.1) is 22.9 Å². The highest BCUT2D eigenvalue weighted by atomic mass is 15.0. The summed E-state index contributed by atoms with van der Waals surface area (Å²) in [6.45, 7) is 0. The summed E-state index contributed by atoms with van der Waals surface area (Å²) >= 11 is 0. The van der Waals surface area contributed by atoms with Crippen molar-refractivity contribution in [2.45, 2.75) is 18.4 Å². The zero-order valence-electron chi connectivity index (χ0n) is 13.1. The molecule has 0 amide bonds. The maximum atomic E-state index is 4.95. The number of nitrogens with one attached hydrogen (secondary N) is 2. The van der Waals surface area contributed by atoms with Crippen LogP contribution in [-0.4, -0.2) is 17.8 Å². The summed E-state index contributed by atoms with van der Waals surface area (Å²) in [5, 5.41) is 5.02. The van der Waals surface area contributed by atoms with Crippen LogP contribution in [0.5, 0.6) is 0 Å². The molecule has 0 spiro atoms. The topological polar surface area (TPSA) is 40.7 Å². The molecule has 0 radical (unpaired) electrons. The van der Waals surface area contributed by atoms with E-state index in [1.165, 1.54) is 27.8 Å². The molecule has 2 aromatic heterocycles. The van der Waals surface area contributed by atoms with Gasteiger partial charge in [-0.1, -0.05) is 42.5 Å². The molecule has 0 bridgehead atoms. The van der Waals surface area contributed by atoms with Gasteiger partial charge in [-0.15, -0.1) is 0 Å². The van der Waals surface area contributed by atoms with Gasteiger partial charge < -0.3 is 10.3 Å². The van der Waals surface area contributed by atoms with E-state index in [1.54, 1.807) is 0 Å². The molecular formula is C19H18BN3. The fourth-order valence-electron chi connectivity index (χ4n) is 4.25. The zero-order valence-corrected chi connectivity index (χ0v) is 13.1. The van der Waals surface area contributed by atoms with E-state index in [9.17, 15) is 0 Å². The van der Waals surface area contributed by atoms with Crippen LogP contribution in [0.1, 0.15) is 29.6 Å². The Hall–Kier alpha value is -2.49. The summed E-state index contributed by atoms with van der Waals surface area (Å²) in [5.74, 6) is 0.951. The SMILES string of the molecule is Bc1nc2c(c3[nH]ccc13)NC(c1ccccc1)C1CC=CC21. The van der Waals surface area contributed by atoms with Crippen LogP contribution >= 0.6 is 0 Å². The number of aromatic amines is 1. The third kappa shape index (κ3) is 1.81. The Bertz CT molecular complexity index is 913. The number of hydrogen-bond donors (Lipinski definition) is 2. The Morgan fingerprint density at radius 1 is 1.13 bits per heavy atom. The molecule has 112 valence electrons. The van der Waals surface area contributed by atoms with Crippen LogP contribution in [0.2, 0.25) is 0 Å². The molecule has 23 heavy (non-hydrogen) atoms. The van der Waals surface area contributed by atoms with E-state index in [0.717, 1.165) is 12.0 Å². The number of fused-ring (bicyclic) bond motifs is 5. The van der Waals surface area contributed by atoms with Gasteiger partial charge in [-0.2, -0.15) is 0 Å². The van der Waals surface area contributed by atoms with Gasteiger partial charge in [-0.05, 0) is 24.0 Å². The average molecular weight is 299 g/mol. The van der Waals surface area contributed by atoms with Crippen molar-refractivity contribution >= 4 is 30.0 Å². The molecule has 0 saturated heterocycles. The van der Waals surface area contributed by atoms with Gasteiger partial charge in [0.2, 0.25) is 0 Å². The molecule has 1 aliphatic carbocycles. The summed E-state index contributed by atoms with van der Waals surface area (Å²) in [6.07, 6.45) is 7.79. The standard InChI is InChI=1S/C19H18BN3/c20-19-14-9-10-21-16(14)18-17(23-19)13-8-4-7-12(13)15(22-18)11-5-2-1-3-6-11/h1-6,8-10,12-13,15,21-22H,7,20H2. The highest BCUT2D eigenvalue weighted by Crippen LogP contribution is 2.50. The first-order valence-electron chi connectivity index (χ1n) is 8.28. The van der Waals surface area contributed by atoms with E-state index < -0.39 is 0 Å². The van der Waals surface area contributed by atoms with Crippen molar-refractivity contribution in [3.05, 3.63) is 66.0 Å². The molecule has 3 nitrogen and oxygen atoms in total. The Morgan fingerprint density at radius 3 is 2.87 bits per heavy atom. The highest BCUT2D eigenvalue weighted by molar-refractivity contribution is 6.37. The minimum atomic E-state index is 0.333. The van der Waals surface area contributed by atoms with Gasteiger partial charge in [0.25, 0.3) is 0 Å². The second-order valence-electron chi connectivity index (χ2n) is 6.61. The lowest BCUT2D eigenvalue weighted by Gasteiger charge is -2.37. The van der Waals surface area contributed by atoms with E-state index in [1.807, 2.05) is 6.20 Å². The fourth-order valence-corrected chi connectivity index (χ4v) is 4.25. The molecule has 5 rings (SSSR count). The first kappa shape index (κ1) is 13.0. The number of nitrogens with zero attached hydrogens (tertiary/aromatic N) is 1. The van der Waals surface area contributed by atoms with Gasteiger partial charge in [0.15, 0.2) is 7.85 Å². The zero-order chi connectivity index (χ0) is 15.4. The number of rotatable bonds is 1. The molecule has 1 aliphatic heterocycles. The minimum absolute atomic E-state index is 0.333. The number of hydrogen-bond acceptors (Lipinski definition) is 2. The third-order valence-corrected chi connectivity index (χ3v) is 5.35. The van der Waals surface area contributed by atoms with Crippen LogP contribution in [0.15, 0.2) is 54.7 Å². The number of H-pyrrole nitrogens is 1. The molecule has 3 unspecified atom stereocenters. The second kappa shape index (κ2) is 4.75. The highest BCUT2D eigenvalue weighted by Gasteiger charge is 2.39. The molecule has 2 aliphatic rings. The second-order valence-corrected chi connectivity index (χ2v) is 6.61. The minimum Gasteiger partial charge on any atom is -0.375 e. The van der Waals surface area contributed by atoms with Crippen molar-refractivity contribution in [2.75, 3.05) is 5.32 Å². The Labute approximate surface area is 136 Å². The van der Waals surface area contributed by atoms with E-state index in [4.69, 9.17) is 4.98 Å². The summed E-state index contributed by atoms with van der Waals surface area (Å²) in [4.78, 5) is 8.36. The van der Waals surface area contributed by atoms with Crippen molar-refractivity contribution in [3.8, 4) is 0 Å². The van der Waals surface area contributed by atoms with Gasteiger partial charge in [0, 0.05) is 23.1 Å². The Morgan fingerprint density at radius 2 is 2.00 bits per heavy atom. The number of allylic oxidation sites excluding steroid dienone is 2. The van der Waals surface area contributed by atoms with Gasteiger partial charge >= 0.3 is 0 Å². The third-order valence-electron chi connectivity index (χ3n) is 5.35. The van der Waals surface area contributed by atoms with Crippen molar-refractivity contribution in [3.63, 3.8) is 0 Å². The lowest BCUT2D eigenvalue weighted by atomic mass is 9.78. The maximum Gasteiger partial charge on any atom is 0.164 e. The van der Waals surface area contributed by atoms with Crippen LogP contribution in [0, 0.1) is 5.92 Å². The molecule has 0 saturated carbocycles. The lowest BCUT2D eigenvalue weighted by Crippen LogP contribution is -2.31. The molecule has 2 N–H and O–H groups in total. The van der Waals surface area contributed by atoms with E-state index in [2.05, 4.69) is 66.7 Å². The Kier molecular flexibility index (Phi) is 2.69. The van der Waals surface area contributed by atoms with Gasteiger partial charge in [-0.25, -0.2) is 0 Å². The van der Waals surface area contributed by atoms with Gasteiger partial charge in [0.1, 0.15) is 0 Å². The fraction of sp³-hybridized carbons (Fsp3) is 0.211. The van der Waals surface area contributed by atoms with Crippen LogP contribution < -0.4 is 10.9 Å². The molecule has 4 heteroatoms. The van der Waals surface area contributed by atoms with Crippen molar-refractivity contribution in [1.29, 1.82) is 0 Å². The smallest absolute Gasteiger partial charge is 0.164 e. The van der Waals surface area contributed by atoms with Crippen molar-refractivity contribution in [2.24, 2.45) is 5.92 Å². The molecular weight excluding hydrogens is 281 g/mol.